The van der Waals surface area contributed by atoms with Gasteiger partial charge in [0.25, 0.3) is 5.91 Å². The summed E-state index contributed by atoms with van der Waals surface area (Å²) in [6.45, 7) is 6.82. The highest BCUT2D eigenvalue weighted by molar-refractivity contribution is 7.99. The first kappa shape index (κ1) is 22.8. The first-order valence-corrected chi connectivity index (χ1v) is 12.1. The van der Waals surface area contributed by atoms with Crippen molar-refractivity contribution in [2.45, 2.75) is 50.1 Å². The molecule has 7 nitrogen and oxygen atoms in total. The Hall–Kier alpha value is -2.39. The van der Waals surface area contributed by atoms with Crippen LogP contribution in [0.2, 0.25) is 5.02 Å². The van der Waals surface area contributed by atoms with Crippen LogP contribution in [0.25, 0.3) is 11.0 Å². The van der Waals surface area contributed by atoms with Gasteiger partial charge in [0.2, 0.25) is 0 Å². The third kappa shape index (κ3) is 4.99. The van der Waals surface area contributed by atoms with E-state index in [2.05, 4.69) is 29.2 Å². The van der Waals surface area contributed by atoms with Crippen molar-refractivity contribution in [2.24, 2.45) is 0 Å². The quantitative estimate of drug-likeness (QED) is 0.398. The highest BCUT2D eigenvalue weighted by atomic mass is 35.5. The van der Waals surface area contributed by atoms with Crippen molar-refractivity contribution in [3.05, 3.63) is 40.8 Å². The van der Waals surface area contributed by atoms with Crippen LogP contribution in [-0.2, 0) is 6.54 Å². The molecule has 0 radical (unpaired) electrons. The van der Waals surface area contributed by atoms with Crippen LogP contribution in [0.5, 0.6) is 0 Å². The number of hydrogen-bond acceptors (Lipinski definition) is 6. The Balaban J connectivity index is 1.55. The summed E-state index contributed by atoms with van der Waals surface area (Å²) in [4.78, 5) is 24.3. The first-order chi connectivity index (χ1) is 15.4. The number of anilines is 1. The van der Waals surface area contributed by atoms with Crippen LogP contribution in [0, 0.1) is 5.82 Å². The third-order valence-electron chi connectivity index (χ3n) is 5.25. The molecule has 1 N–H and O–H groups in total. The number of aromatic nitrogens is 4. The average Bonchev–Trinajstić information content (AvgIpc) is 3.16. The Bertz CT molecular complexity index is 1090. The van der Waals surface area contributed by atoms with Gasteiger partial charge in [-0.3, -0.25) is 4.79 Å². The second kappa shape index (κ2) is 10.0. The molecular formula is C22H26ClFN6OS. The van der Waals surface area contributed by atoms with E-state index >= 15 is 0 Å². The molecule has 170 valence electrons. The second-order valence-electron chi connectivity index (χ2n) is 8.00. The molecule has 1 aliphatic rings. The first-order valence-electron chi connectivity index (χ1n) is 10.8. The number of thioether (sulfide) groups is 1. The molecule has 0 atom stereocenters. The highest BCUT2D eigenvalue weighted by Gasteiger charge is 2.21. The van der Waals surface area contributed by atoms with E-state index < -0.39 is 11.7 Å². The lowest BCUT2D eigenvalue weighted by molar-refractivity contribution is 0.0948. The summed E-state index contributed by atoms with van der Waals surface area (Å²) in [5.74, 6) is -0.274. The van der Waals surface area contributed by atoms with Gasteiger partial charge in [-0.05, 0) is 31.4 Å². The van der Waals surface area contributed by atoms with Crippen LogP contribution >= 0.6 is 23.4 Å². The van der Waals surface area contributed by atoms with Crippen LogP contribution in [0.1, 0.15) is 43.5 Å². The van der Waals surface area contributed by atoms with E-state index in [0.717, 1.165) is 47.9 Å². The van der Waals surface area contributed by atoms with Crippen LogP contribution in [0.15, 0.2) is 29.6 Å². The van der Waals surface area contributed by atoms with Gasteiger partial charge in [-0.2, -0.15) is 5.10 Å². The van der Waals surface area contributed by atoms with Crippen molar-refractivity contribution in [1.29, 1.82) is 0 Å². The normalized spacial score (nSPS) is 14.3. The van der Waals surface area contributed by atoms with E-state index in [9.17, 15) is 9.18 Å². The minimum Gasteiger partial charge on any atom is -0.356 e. The van der Waals surface area contributed by atoms with Crippen molar-refractivity contribution >= 4 is 46.1 Å². The van der Waals surface area contributed by atoms with Gasteiger partial charge < -0.3 is 10.2 Å². The molecule has 2 aromatic heterocycles. The summed E-state index contributed by atoms with van der Waals surface area (Å²) in [6.07, 6.45) is 5.33. The standard InChI is InChI=1S/C22H26ClFN6OS/c1-14(2)32-22-27-19(29-10-4-3-5-11-29)15-13-26-30(20(15)28-22)12-9-25-21(31)18-16(23)7-6-8-17(18)24/h6-8,13-14H,3-5,9-12H2,1-2H3,(H,25,31). The minimum atomic E-state index is -0.645. The summed E-state index contributed by atoms with van der Waals surface area (Å²) in [7, 11) is 0. The molecule has 1 saturated heterocycles. The summed E-state index contributed by atoms with van der Waals surface area (Å²) < 4.78 is 15.8. The van der Waals surface area contributed by atoms with Crippen LogP contribution < -0.4 is 10.2 Å². The number of rotatable bonds is 7. The number of halogens is 2. The second-order valence-corrected chi connectivity index (χ2v) is 9.95. The molecular weight excluding hydrogens is 451 g/mol. The van der Waals surface area contributed by atoms with Gasteiger partial charge in [-0.1, -0.05) is 43.3 Å². The van der Waals surface area contributed by atoms with E-state index in [1.54, 1.807) is 22.6 Å². The maximum atomic E-state index is 14.0. The fraction of sp³-hybridized carbons (Fsp3) is 0.455. The summed E-state index contributed by atoms with van der Waals surface area (Å²) in [5.41, 5.74) is 0.590. The number of hydrogen-bond donors (Lipinski definition) is 1. The summed E-state index contributed by atoms with van der Waals surface area (Å²) in [5, 5.41) is 9.29. The topological polar surface area (TPSA) is 75.9 Å². The van der Waals surface area contributed by atoms with Gasteiger partial charge in [-0.15, -0.1) is 0 Å². The molecule has 32 heavy (non-hydrogen) atoms. The smallest absolute Gasteiger partial charge is 0.255 e. The molecule has 1 aliphatic heterocycles. The number of nitrogens with zero attached hydrogens (tertiary/aromatic N) is 5. The monoisotopic (exact) mass is 476 g/mol. The molecule has 1 aromatic carbocycles. The number of piperidine rings is 1. The molecule has 3 heterocycles. The van der Waals surface area contributed by atoms with E-state index in [4.69, 9.17) is 21.6 Å². The fourth-order valence-corrected chi connectivity index (χ4v) is 4.72. The van der Waals surface area contributed by atoms with Crippen molar-refractivity contribution in [3.63, 3.8) is 0 Å². The van der Waals surface area contributed by atoms with Crippen molar-refractivity contribution in [3.8, 4) is 0 Å². The van der Waals surface area contributed by atoms with E-state index in [-0.39, 0.29) is 17.1 Å². The van der Waals surface area contributed by atoms with Gasteiger partial charge in [0.15, 0.2) is 10.8 Å². The van der Waals surface area contributed by atoms with E-state index in [1.165, 1.54) is 24.6 Å². The lowest BCUT2D eigenvalue weighted by atomic mass is 10.1. The zero-order valence-corrected chi connectivity index (χ0v) is 19.7. The molecule has 1 fully saturated rings. The van der Waals surface area contributed by atoms with Crippen LogP contribution in [0.4, 0.5) is 10.2 Å². The highest BCUT2D eigenvalue weighted by Crippen LogP contribution is 2.30. The molecule has 0 aliphatic carbocycles. The molecule has 4 rings (SSSR count). The van der Waals surface area contributed by atoms with Crippen LogP contribution in [-0.4, -0.2) is 50.5 Å². The Morgan fingerprint density at radius 1 is 1.25 bits per heavy atom. The lowest BCUT2D eigenvalue weighted by Crippen LogP contribution is -2.30. The molecule has 0 spiro atoms. The molecule has 1 amide bonds. The maximum absolute atomic E-state index is 14.0. The zero-order valence-electron chi connectivity index (χ0n) is 18.1. The number of fused-ring (bicyclic) bond motifs is 1. The Labute approximate surface area is 195 Å². The van der Waals surface area contributed by atoms with Crippen molar-refractivity contribution < 1.29 is 9.18 Å². The zero-order chi connectivity index (χ0) is 22.7. The van der Waals surface area contributed by atoms with Gasteiger partial charge in [0.05, 0.1) is 28.7 Å². The molecule has 0 unspecified atom stereocenters. The number of carbonyl (C=O) groups is 1. The van der Waals surface area contributed by atoms with Gasteiger partial charge >= 0.3 is 0 Å². The Morgan fingerprint density at radius 2 is 2.03 bits per heavy atom. The van der Waals surface area contributed by atoms with Crippen molar-refractivity contribution in [2.75, 3.05) is 24.5 Å². The Morgan fingerprint density at radius 3 is 2.75 bits per heavy atom. The molecule has 3 aromatic rings. The molecule has 0 bridgehead atoms. The third-order valence-corrected chi connectivity index (χ3v) is 6.43. The summed E-state index contributed by atoms with van der Waals surface area (Å²) in [6, 6.07) is 4.18. The summed E-state index contributed by atoms with van der Waals surface area (Å²) >= 11 is 7.61. The lowest BCUT2D eigenvalue weighted by Gasteiger charge is -2.28. The number of carbonyl (C=O) groups excluding carboxylic acids is 1. The van der Waals surface area contributed by atoms with Gasteiger partial charge in [-0.25, -0.2) is 19.0 Å². The predicted octanol–water partition coefficient (Wildman–Crippen LogP) is 4.54. The van der Waals surface area contributed by atoms with Gasteiger partial charge in [0.1, 0.15) is 11.6 Å². The maximum Gasteiger partial charge on any atom is 0.255 e. The van der Waals surface area contributed by atoms with E-state index in [1.807, 2.05) is 0 Å². The Kier molecular flexibility index (Phi) is 7.15. The SMILES string of the molecule is CC(C)Sc1nc(N2CCCCC2)c2cnn(CCNC(=O)c3c(F)cccc3Cl)c2n1. The molecule has 10 heteroatoms. The average molecular weight is 477 g/mol. The number of benzene rings is 1. The van der Waals surface area contributed by atoms with Gasteiger partial charge in [0, 0.05) is 24.9 Å². The number of amides is 1. The fourth-order valence-electron chi connectivity index (χ4n) is 3.77. The largest absolute Gasteiger partial charge is 0.356 e. The van der Waals surface area contributed by atoms with E-state index in [0.29, 0.717) is 11.8 Å². The minimum absolute atomic E-state index is 0.0845. The number of nitrogens with one attached hydrogen (secondary N) is 1. The molecule has 0 saturated carbocycles. The van der Waals surface area contributed by atoms with Crippen molar-refractivity contribution in [1.82, 2.24) is 25.1 Å². The predicted molar refractivity (Wildman–Crippen MR) is 126 cm³/mol. The van der Waals surface area contributed by atoms with Crippen LogP contribution in [0.3, 0.4) is 0 Å².